The first kappa shape index (κ1) is 15.1. The lowest BCUT2D eigenvalue weighted by atomic mass is 10.1. The number of amides is 1. The Morgan fingerprint density at radius 1 is 1.25 bits per heavy atom. The quantitative estimate of drug-likeness (QED) is 0.780. The average molecular weight is 292 g/mol. The van der Waals surface area contributed by atoms with E-state index in [0.29, 0.717) is 17.1 Å². The molecule has 4 nitrogen and oxygen atoms in total. The number of rotatable bonds is 6. The maximum atomic E-state index is 11.9. The van der Waals surface area contributed by atoms with Gasteiger partial charge in [-0.15, -0.1) is 11.8 Å². The first-order chi connectivity index (χ1) is 9.75. The van der Waals surface area contributed by atoms with Gasteiger partial charge in [0.15, 0.2) is 5.78 Å². The van der Waals surface area contributed by atoms with Crippen LogP contribution in [0.2, 0.25) is 0 Å². The smallest absolute Gasteiger partial charge is 0.230 e. The molecule has 1 fully saturated rings. The molecule has 2 rings (SSSR count). The topological polar surface area (TPSA) is 58.2 Å². The molecule has 2 N–H and O–H groups in total. The highest BCUT2D eigenvalue weighted by atomic mass is 32.2. The van der Waals surface area contributed by atoms with E-state index >= 15 is 0 Å². The van der Waals surface area contributed by atoms with Crippen LogP contribution < -0.4 is 10.6 Å². The number of Topliss-reactive ketones (excluding diaryl/α,β-unsaturated/α-hetero) is 1. The molecular weight excluding hydrogens is 272 g/mol. The molecule has 0 aliphatic carbocycles. The number of hydrogen-bond donors (Lipinski definition) is 2. The molecule has 0 spiro atoms. The molecule has 0 saturated carbocycles. The fraction of sp³-hybridized carbons (Fsp3) is 0.467. The van der Waals surface area contributed by atoms with Crippen molar-refractivity contribution >= 4 is 23.5 Å². The summed E-state index contributed by atoms with van der Waals surface area (Å²) in [5, 5.41) is 6.26. The number of thioether (sulfide) groups is 1. The number of benzene rings is 1. The van der Waals surface area contributed by atoms with Crippen LogP contribution in [0.5, 0.6) is 0 Å². The van der Waals surface area contributed by atoms with Crippen LogP contribution in [-0.2, 0) is 4.79 Å². The van der Waals surface area contributed by atoms with E-state index in [-0.39, 0.29) is 17.7 Å². The summed E-state index contributed by atoms with van der Waals surface area (Å²) >= 11 is 1.37. The van der Waals surface area contributed by atoms with Crippen molar-refractivity contribution in [1.29, 1.82) is 0 Å². The fourth-order valence-electron chi connectivity index (χ4n) is 2.19. The monoisotopic (exact) mass is 292 g/mol. The van der Waals surface area contributed by atoms with Crippen molar-refractivity contribution in [3.05, 3.63) is 35.9 Å². The second kappa shape index (κ2) is 8.07. The SMILES string of the molecule is O=C(CSCC(=O)c1ccccc1)NC1CCCNC1. The molecular formula is C15H20N2O2S. The van der Waals surface area contributed by atoms with Crippen LogP contribution in [0.25, 0.3) is 0 Å². The van der Waals surface area contributed by atoms with Gasteiger partial charge in [0.2, 0.25) is 5.91 Å². The molecule has 20 heavy (non-hydrogen) atoms. The summed E-state index contributed by atoms with van der Waals surface area (Å²) in [6, 6.07) is 9.42. The molecule has 1 atom stereocenters. The lowest BCUT2D eigenvalue weighted by Crippen LogP contribution is -2.46. The molecule has 1 saturated heterocycles. The summed E-state index contributed by atoms with van der Waals surface area (Å²) in [7, 11) is 0. The molecule has 5 heteroatoms. The van der Waals surface area contributed by atoms with Crippen LogP contribution in [0, 0.1) is 0 Å². The summed E-state index contributed by atoms with van der Waals surface area (Å²) in [6.07, 6.45) is 2.14. The number of ketones is 1. The highest BCUT2D eigenvalue weighted by Crippen LogP contribution is 2.08. The lowest BCUT2D eigenvalue weighted by molar-refractivity contribution is -0.119. The number of carbonyl (C=O) groups excluding carboxylic acids is 2. The second-order valence-electron chi connectivity index (χ2n) is 4.89. The van der Waals surface area contributed by atoms with Gasteiger partial charge in [-0.2, -0.15) is 0 Å². The van der Waals surface area contributed by atoms with Gasteiger partial charge in [-0.1, -0.05) is 30.3 Å². The van der Waals surface area contributed by atoms with Crippen LogP contribution in [0.1, 0.15) is 23.2 Å². The lowest BCUT2D eigenvalue weighted by Gasteiger charge is -2.23. The molecule has 1 unspecified atom stereocenters. The van der Waals surface area contributed by atoms with Gasteiger partial charge < -0.3 is 10.6 Å². The van der Waals surface area contributed by atoms with E-state index in [4.69, 9.17) is 0 Å². The Bertz CT molecular complexity index is 444. The van der Waals surface area contributed by atoms with Crippen molar-refractivity contribution in [3.63, 3.8) is 0 Å². The third kappa shape index (κ3) is 4.98. The van der Waals surface area contributed by atoms with Gasteiger partial charge in [-0.05, 0) is 19.4 Å². The van der Waals surface area contributed by atoms with Crippen molar-refractivity contribution in [3.8, 4) is 0 Å². The van der Waals surface area contributed by atoms with Crippen LogP contribution in [0.15, 0.2) is 30.3 Å². The first-order valence-corrected chi connectivity index (χ1v) is 8.07. The van der Waals surface area contributed by atoms with Gasteiger partial charge in [-0.25, -0.2) is 0 Å². The Hall–Kier alpha value is -1.33. The Labute approximate surface area is 123 Å². The normalized spacial score (nSPS) is 18.5. The number of piperidine rings is 1. The maximum Gasteiger partial charge on any atom is 0.230 e. The Morgan fingerprint density at radius 2 is 2.05 bits per heavy atom. The second-order valence-corrected chi connectivity index (χ2v) is 5.88. The summed E-state index contributed by atoms with van der Waals surface area (Å²) in [5.74, 6) is 0.780. The zero-order valence-electron chi connectivity index (χ0n) is 11.4. The van der Waals surface area contributed by atoms with Gasteiger partial charge in [0.25, 0.3) is 0 Å². The van der Waals surface area contributed by atoms with E-state index in [2.05, 4.69) is 10.6 Å². The van der Waals surface area contributed by atoms with E-state index in [1.165, 1.54) is 11.8 Å². The molecule has 1 aliphatic heterocycles. The molecule has 1 heterocycles. The van der Waals surface area contributed by atoms with Crippen LogP contribution in [0.4, 0.5) is 0 Å². The van der Waals surface area contributed by atoms with Crippen molar-refractivity contribution < 1.29 is 9.59 Å². The molecule has 0 bridgehead atoms. The minimum absolute atomic E-state index is 0.0181. The third-order valence-corrected chi connectivity index (χ3v) is 4.16. The molecule has 0 radical (unpaired) electrons. The minimum Gasteiger partial charge on any atom is -0.351 e. The fourth-order valence-corrected chi connectivity index (χ4v) is 2.91. The van der Waals surface area contributed by atoms with Gasteiger partial charge in [0.1, 0.15) is 0 Å². The molecule has 1 aliphatic rings. The highest BCUT2D eigenvalue weighted by Gasteiger charge is 2.15. The third-order valence-electron chi connectivity index (χ3n) is 3.22. The molecule has 0 aromatic heterocycles. The van der Waals surface area contributed by atoms with Gasteiger partial charge in [0.05, 0.1) is 11.5 Å². The van der Waals surface area contributed by atoms with Crippen LogP contribution in [-0.4, -0.2) is 42.3 Å². The summed E-state index contributed by atoms with van der Waals surface area (Å²) in [5.41, 5.74) is 0.705. The zero-order chi connectivity index (χ0) is 14.2. The van der Waals surface area contributed by atoms with Crippen LogP contribution >= 0.6 is 11.8 Å². The molecule has 1 aromatic carbocycles. The molecule has 1 aromatic rings. The minimum atomic E-state index is 0.0181. The Morgan fingerprint density at radius 3 is 2.75 bits per heavy atom. The highest BCUT2D eigenvalue weighted by molar-refractivity contribution is 8.00. The Balaban J connectivity index is 1.65. The summed E-state index contributed by atoms with van der Waals surface area (Å²) in [4.78, 5) is 23.6. The van der Waals surface area contributed by atoms with Crippen molar-refractivity contribution in [2.24, 2.45) is 0 Å². The average Bonchev–Trinajstić information content (AvgIpc) is 2.49. The largest absolute Gasteiger partial charge is 0.351 e. The van der Waals surface area contributed by atoms with Crippen molar-refractivity contribution in [2.45, 2.75) is 18.9 Å². The van der Waals surface area contributed by atoms with Crippen LogP contribution in [0.3, 0.4) is 0 Å². The van der Waals surface area contributed by atoms with Gasteiger partial charge >= 0.3 is 0 Å². The maximum absolute atomic E-state index is 11.9. The number of nitrogens with one attached hydrogen (secondary N) is 2. The zero-order valence-corrected chi connectivity index (χ0v) is 12.2. The molecule has 108 valence electrons. The van der Waals surface area contributed by atoms with E-state index < -0.39 is 0 Å². The van der Waals surface area contributed by atoms with Crippen molar-refractivity contribution in [2.75, 3.05) is 24.6 Å². The Kier molecular flexibility index (Phi) is 6.08. The van der Waals surface area contributed by atoms with E-state index in [1.54, 1.807) is 12.1 Å². The van der Waals surface area contributed by atoms with Gasteiger partial charge in [0, 0.05) is 18.2 Å². The number of hydrogen-bond acceptors (Lipinski definition) is 4. The summed E-state index contributed by atoms with van der Waals surface area (Å²) in [6.45, 7) is 1.88. The van der Waals surface area contributed by atoms with Crippen molar-refractivity contribution in [1.82, 2.24) is 10.6 Å². The van der Waals surface area contributed by atoms with E-state index in [1.807, 2.05) is 18.2 Å². The summed E-state index contributed by atoms with van der Waals surface area (Å²) < 4.78 is 0. The molecule has 1 amide bonds. The van der Waals surface area contributed by atoms with E-state index in [9.17, 15) is 9.59 Å². The predicted octanol–water partition coefficient (Wildman–Crippen LogP) is 1.47. The standard InChI is InChI=1S/C15H20N2O2S/c18-14(12-5-2-1-3-6-12)10-20-11-15(19)17-13-7-4-8-16-9-13/h1-3,5-6,13,16H,4,7-11H2,(H,17,19). The first-order valence-electron chi connectivity index (χ1n) is 6.92. The predicted molar refractivity (Wildman–Crippen MR) is 82.1 cm³/mol. The number of carbonyl (C=O) groups is 2. The van der Waals surface area contributed by atoms with E-state index in [0.717, 1.165) is 25.9 Å². The van der Waals surface area contributed by atoms with Gasteiger partial charge in [-0.3, -0.25) is 9.59 Å².